The Kier molecular flexibility index (Phi) is 4.11. The van der Waals surface area contributed by atoms with E-state index >= 15 is 0 Å². The molecular weight excluding hydrogens is 258 g/mol. The van der Waals surface area contributed by atoms with E-state index in [4.69, 9.17) is 0 Å². The Morgan fingerprint density at radius 1 is 1.24 bits per heavy atom. The van der Waals surface area contributed by atoms with Crippen molar-refractivity contribution in [3.8, 4) is 0 Å². The van der Waals surface area contributed by atoms with E-state index in [2.05, 4.69) is 53.7 Å². The van der Waals surface area contributed by atoms with Crippen molar-refractivity contribution in [1.29, 1.82) is 0 Å². The maximum Gasteiger partial charge on any atom is 0.0590 e. The van der Waals surface area contributed by atoms with Crippen LogP contribution in [0.3, 0.4) is 0 Å². The van der Waals surface area contributed by atoms with Gasteiger partial charge in [-0.25, -0.2) is 0 Å². The lowest BCUT2D eigenvalue weighted by Gasteiger charge is -2.48. The Bertz CT molecular complexity index is 569. The fraction of sp³-hybridized carbons (Fsp3) is 0.500. The second kappa shape index (κ2) is 6.02. The standard InChI is InChI=1S/C18H25N3/c1-3-13-19-17(16-10-14-20-21(16)2)18(11-7-12-18)15-8-5-4-6-9-15/h4-6,8-10,14,17,19H,3,7,11-13H2,1-2H3. The molecule has 1 aliphatic rings. The van der Waals surface area contributed by atoms with Crippen LogP contribution in [0.15, 0.2) is 42.6 Å². The predicted molar refractivity (Wildman–Crippen MR) is 86.2 cm³/mol. The van der Waals surface area contributed by atoms with E-state index in [0.717, 1.165) is 13.0 Å². The zero-order valence-electron chi connectivity index (χ0n) is 13.0. The monoisotopic (exact) mass is 283 g/mol. The number of nitrogens with one attached hydrogen (secondary N) is 1. The Balaban J connectivity index is 2.00. The van der Waals surface area contributed by atoms with E-state index in [0.29, 0.717) is 6.04 Å². The predicted octanol–water partition coefficient (Wildman–Crippen LogP) is 3.58. The van der Waals surface area contributed by atoms with E-state index in [1.807, 2.05) is 17.9 Å². The summed E-state index contributed by atoms with van der Waals surface area (Å²) in [6.07, 6.45) is 6.89. The van der Waals surface area contributed by atoms with Crippen molar-refractivity contribution in [1.82, 2.24) is 15.1 Å². The third-order valence-electron chi connectivity index (χ3n) is 4.90. The van der Waals surface area contributed by atoms with Gasteiger partial charge in [0.15, 0.2) is 0 Å². The molecule has 1 aromatic carbocycles. The molecule has 3 rings (SSSR count). The SMILES string of the molecule is CCCNC(c1ccnn1C)C1(c2ccccc2)CCC1. The number of rotatable bonds is 6. The van der Waals surface area contributed by atoms with Gasteiger partial charge >= 0.3 is 0 Å². The Labute approximate surface area is 127 Å². The first-order valence-electron chi connectivity index (χ1n) is 8.05. The first-order chi connectivity index (χ1) is 10.3. The van der Waals surface area contributed by atoms with Crippen LogP contribution < -0.4 is 5.32 Å². The first-order valence-corrected chi connectivity index (χ1v) is 8.05. The molecule has 0 bridgehead atoms. The molecule has 3 heteroatoms. The molecule has 1 heterocycles. The van der Waals surface area contributed by atoms with Crippen LogP contribution in [0.5, 0.6) is 0 Å². The quantitative estimate of drug-likeness (QED) is 0.878. The van der Waals surface area contributed by atoms with Crippen LogP contribution >= 0.6 is 0 Å². The van der Waals surface area contributed by atoms with Crippen molar-refractivity contribution in [3.63, 3.8) is 0 Å². The van der Waals surface area contributed by atoms with Crippen LogP contribution in [0, 0.1) is 0 Å². The third kappa shape index (κ3) is 2.51. The van der Waals surface area contributed by atoms with Crippen molar-refractivity contribution in [2.75, 3.05) is 6.54 Å². The summed E-state index contributed by atoms with van der Waals surface area (Å²) in [5, 5.41) is 8.18. The zero-order chi connectivity index (χ0) is 14.7. The summed E-state index contributed by atoms with van der Waals surface area (Å²) in [6.45, 7) is 3.27. The molecule has 112 valence electrons. The van der Waals surface area contributed by atoms with Gasteiger partial charge in [-0.1, -0.05) is 43.7 Å². The van der Waals surface area contributed by atoms with Crippen LogP contribution in [-0.2, 0) is 12.5 Å². The minimum atomic E-state index is 0.226. The minimum Gasteiger partial charge on any atom is -0.308 e. The number of aromatic nitrogens is 2. The largest absolute Gasteiger partial charge is 0.308 e. The maximum atomic E-state index is 4.39. The number of hydrogen-bond donors (Lipinski definition) is 1. The van der Waals surface area contributed by atoms with Crippen LogP contribution in [0.25, 0.3) is 0 Å². The maximum absolute atomic E-state index is 4.39. The Morgan fingerprint density at radius 3 is 2.52 bits per heavy atom. The van der Waals surface area contributed by atoms with E-state index in [1.54, 1.807) is 0 Å². The lowest BCUT2D eigenvalue weighted by atomic mass is 9.59. The summed E-state index contributed by atoms with van der Waals surface area (Å²) in [5.74, 6) is 0. The van der Waals surface area contributed by atoms with Gasteiger partial charge in [-0.15, -0.1) is 0 Å². The molecule has 0 radical (unpaired) electrons. The second-order valence-corrected chi connectivity index (χ2v) is 6.14. The molecule has 2 aromatic rings. The molecule has 1 atom stereocenters. The van der Waals surface area contributed by atoms with Gasteiger partial charge in [0.1, 0.15) is 0 Å². The van der Waals surface area contributed by atoms with E-state index in [1.165, 1.54) is 30.5 Å². The van der Waals surface area contributed by atoms with Crippen LogP contribution in [0.2, 0.25) is 0 Å². The van der Waals surface area contributed by atoms with E-state index < -0.39 is 0 Å². The molecule has 0 aliphatic heterocycles. The van der Waals surface area contributed by atoms with Gasteiger partial charge < -0.3 is 5.32 Å². The van der Waals surface area contributed by atoms with Gasteiger partial charge in [-0.2, -0.15) is 5.10 Å². The molecule has 1 unspecified atom stereocenters. The van der Waals surface area contributed by atoms with Crippen LogP contribution in [-0.4, -0.2) is 16.3 Å². The highest BCUT2D eigenvalue weighted by atomic mass is 15.3. The summed E-state index contributed by atoms with van der Waals surface area (Å²) < 4.78 is 2.02. The molecule has 3 nitrogen and oxygen atoms in total. The zero-order valence-corrected chi connectivity index (χ0v) is 13.0. The number of nitrogens with zero attached hydrogens (tertiary/aromatic N) is 2. The van der Waals surface area contributed by atoms with Crippen molar-refractivity contribution in [2.24, 2.45) is 7.05 Å². The smallest absolute Gasteiger partial charge is 0.0590 e. The highest BCUT2D eigenvalue weighted by Crippen LogP contribution is 2.51. The molecule has 1 fully saturated rings. The molecular formula is C18H25N3. The highest BCUT2D eigenvalue weighted by Gasteiger charge is 2.46. The van der Waals surface area contributed by atoms with Gasteiger partial charge in [0.2, 0.25) is 0 Å². The summed E-state index contributed by atoms with van der Waals surface area (Å²) in [4.78, 5) is 0. The van der Waals surface area contributed by atoms with Crippen molar-refractivity contribution in [2.45, 2.75) is 44.1 Å². The second-order valence-electron chi connectivity index (χ2n) is 6.14. The molecule has 0 spiro atoms. The summed E-state index contributed by atoms with van der Waals surface area (Å²) in [6, 6.07) is 13.5. The average Bonchev–Trinajstić information content (AvgIpc) is 2.88. The molecule has 0 amide bonds. The number of benzene rings is 1. The Hall–Kier alpha value is -1.61. The summed E-state index contributed by atoms with van der Waals surface area (Å²) in [5.41, 5.74) is 2.99. The molecule has 1 aliphatic carbocycles. The highest BCUT2D eigenvalue weighted by molar-refractivity contribution is 5.33. The first kappa shape index (κ1) is 14.3. The van der Waals surface area contributed by atoms with Gasteiger partial charge in [-0.05, 0) is 37.4 Å². The van der Waals surface area contributed by atoms with Crippen molar-refractivity contribution in [3.05, 3.63) is 53.9 Å². The van der Waals surface area contributed by atoms with Gasteiger partial charge in [0, 0.05) is 18.7 Å². The molecule has 0 saturated heterocycles. The minimum absolute atomic E-state index is 0.226. The summed E-state index contributed by atoms with van der Waals surface area (Å²) >= 11 is 0. The molecule has 1 N–H and O–H groups in total. The number of aryl methyl sites for hydroxylation is 1. The van der Waals surface area contributed by atoms with E-state index in [9.17, 15) is 0 Å². The van der Waals surface area contributed by atoms with Crippen molar-refractivity contribution < 1.29 is 0 Å². The third-order valence-corrected chi connectivity index (χ3v) is 4.90. The fourth-order valence-electron chi connectivity index (χ4n) is 3.61. The van der Waals surface area contributed by atoms with E-state index in [-0.39, 0.29) is 5.41 Å². The lowest BCUT2D eigenvalue weighted by molar-refractivity contribution is 0.163. The molecule has 1 saturated carbocycles. The lowest BCUT2D eigenvalue weighted by Crippen LogP contribution is -2.47. The molecule has 1 aromatic heterocycles. The Morgan fingerprint density at radius 2 is 2.00 bits per heavy atom. The van der Waals surface area contributed by atoms with Gasteiger partial charge in [0.25, 0.3) is 0 Å². The van der Waals surface area contributed by atoms with Crippen LogP contribution in [0.4, 0.5) is 0 Å². The fourth-order valence-corrected chi connectivity index (χ4v) is 3.61. The van der Waals surface area contributed by atoms with Gasteiger partial charge in [-0.3, -0.25) is 4.68 Å². The average molecular weight is 283 g/mol. The topological polar surface area (TPSA) is 29.9 Å². The number of hydrogen-bond acceptors (Lipinski definition) is 2. The molecule has 21 heavy (non-hydrogen) atoms. The van der Waals surface area contributed by atoms with Crippen LogP contribution in [0.1, 0.15) is 49.9 Å². The normalized spacial score (nSPS) is 18.2. The summed E-state index contributed by atoms with van der Waals surface area (Å²) in [7, 11) is 2.05. The van der Waals surface area contributed by atoms with Crippen molar-refractivity contribution >= 4 is 0 Å². The van der Waals surface area contributed by atoms with Gasteiger partial charge in [0.05, 0.1) is 11.7 Å².